The van der Waals surface area contributed by atoms with E-state index in [1.165, 1.54) is 18.2 Å². The molecule has 144 valence electrons. The van der Waals surface area contributed by atoms with Crippen molar-refractivity contribution in [3.05, 3.63) is 29.8 Å². The summed E-state index contributed by atoms with van der Waals surface area (Å²) in [5.74, 6) is -0.845. The maximum Gasteiger partial charge on any atom is 0.307 e. The molecule has 0 radical (unpaired) electrons. The number of para-hydroxylation sites is 1. The first kappa shape index (κ1) is 19.9. The minimum atomic E-state index is -0.558. The predicted octanol–water partition coefficient (Wildman–Crippen LogP) is 2.05. The highest BCUT2D eigenvalue weighted by Crippen LogP contribution is 2.26. The number of halogens is 2. The van der Waals surface area contributed by atoms with Crippen molar-refractivity contribution in [3.63, 3.8) is 0 Å². The molecule has 2 N–H and O–H groups in total. The quantitative estimate of drug-likeness (QED) is 0.457. The fourth-order valence-corrected chi connectivity index (χ4v) is 2.87. The molecular formula is C18H26F2N4O2. The van der Waals surface area contributed by atoms with Crippen molar-refractivity contribution in [2.75, 3.05) is 31.6 Å². The molecule has 26 heavy (non-hydrogen) atoms. The molecule has 0 spiro atoms. The molecule has 1 fully saturated rings. The molecule has 1 aliphatic rings. The van der Waals surface area contributed by atoms with Crippen LogP contribution >= 0.6 is 0 Å². The standard InChI is InChI=1S/C18H26F2N4O2/c1-12(2)26-16(25)7-9-22-18(21-3)23-13-8-10-24(11-13)17-14(19)5-4-6-15(17)20/h4-6,12-13H,7-11H2,1-3H3,(H2,21,22,23). The van der Waals surface area contributed by atoms with Gasteiger partial charge in [0, 0.05) is 32.7 Å². The Morgan fingerprint density at radius 2 is 2.08 bits per heavy atom. The Hall–Kier alpha value is -2.38. The van der Waals surface area contributed by atoms with Crippen LogP contribution in [0.15, 0.2) is 23.2 Å². The molecule has 1 saturated heterocycles. The van der Waals surface area contributed by atoms with Gasteiger partial charge in [-0.1, -0.05) is 6.07 Å². The molecule has 2 rings (SSSR count). The van der Waals surface area contributed by atoms with Crippen LogP contribution in [0.3, 0.4) is 0 Å². The molecule has 0 aromatic heterocycles. The van der Waals surface area contributed by atoms with E-state index in [1.54, 1.807) is 25.8 Å². The van der Waals surface area contributed by atoms with Crippen LogP contribution in [0.1, 0.15) is 26.7 Å². The van der Waals surface area contributed by atoms with Crippen molar-refractivity contribution in [1.82, 2.24) is 10.6 Å². The summed E-state index contributed by atoms with van der Waals surface area (Å²) < 4.78 is 32.9. The Kier molecular flexibility index (Phi) is 7.17. The number of hydrogen-bond donors (Lipinski definition) is 2. The second-order valence-corrected chi connectivity index (χ2v) is 6.43. The average molecular weight is 368 g/mol. The van der Waals surface area contributed by atoms with Crippen molar-refractivity contribution in [1.29, 1.82) is 0 Å². The highest BCUT2D eigenvalue weighted by Gasteiger charge is 2.27. The maximum atomic E-state index is 13.9. The van der Waals surface area contributed by atoms with E-state index < -0.39 is 11.6 Å². The maximum absolute atomic E-state index is 13.9. The van der Waals surface area contributed by atoms with Gasteiger partial charge in [0.05, 0.1) is 12.5 Å². The van der Waals surface area contributed by atoms with Gasteiger partial charge in [0.15, 0.2) is 5.96 Å². The number of aliphatic imine (C=N–C) groups is 1. The van der Waals surface area contributed by atoms with E-state index in [1.807, 2.05) is 0 Å². The normalized spacial score (nSPS) is 17.5. The first-order valence-corrected chi connectivity index (χ1v) is 8.76. The number of benzene rings is 1. The van der Waals surface area contributed by atoms with E-state index in [9.17, 15) is 13.6 Å². The third-order valence-electron chi connectivity index (χ3n) is 4.00. The summed E-state index contributed by atoms with van der Waals surface area (Å²) in [6.45, 7) is 5.01. The van der Waals surface area contributed by atoms with Crippen LogP contribution in [-0.4, -0.2) is 50.8 Å². The lowest BCUT2D eigenvalue weighted by molar-refractivity contribution is -0.147. The molecule has 1 aromatic carbocycles. The van der Waals surface area contributed by atoms with Gasteiger partial charge in [0.2, 0.25) is 0 Å². The Bertz CT molecular complexity index is 632. The highest BCUT2D eigenvalue weighted by molar-refractivity contribution is 5.80. The van der Waals surface area contributed by atoms with Crippen LogP contribution in [0.5, 0.6) is 0 Å². The number of hydrogen-bond acceptors (Lipinski definition) is 4. The minimum Gasteiger partial charge on any atom is -0.463 e. The van der Waals surface area contributed by atoms with E-state index in [-0.39, 0.29) is 30.2 Å². The lowest BCUT2D eigenvalue weighted by Gasteiger charge is -2.21. The monoisotopic (exact) mass is 368 g/mol. The number of ether oxygens (including phenoxy) is 1. The van der Waals surface area contributed by atoms with Gasteiger partial charge in [0.1, 0.15) is 17.3 Å². The molecule has 1 atom stereocenters. The van der Waals surface area contributed by atoms with E-state index in [2.05, 4.69) is 15.6 Å². The zero-order chi connectivity index (χ0) is 19.1. The number of nitrogens with zero attached hydrogens (tertiary/aromatic N) is 2. The number of nitrogens with one attached hydrogen (secondary N) is 2. The summed E-state index contributed by atoms with van der Waals surface area (Å²) in [5, 5.41) is 6.27. The molecular weight excluding hydrogens is 342 g/mol. The van der Waals surface area contributed by atoms with Crippen LogP contribution < -0.4 is 15.5 Å². The van der Waals surface area contributed by atoms with Crippen LogP contribution in [0, 0.1) is 11.6 Å². The first-order valence-electron chi connectivity index (χ1n) is 8.76. The van der Waals surface area contributed by atoms with Crippen LogP contribution in [0.25, 0.3) is 0 Å². The Morgan fingerprint density at radius 1 is 1.38 bits per heavy atom. The molecule has 0 bridgehead atoms. The van der Waals surface area contributed by atoms with Crippen molar-refractivity contribution in [2.24, 2.45) is 4.99 Å². The number of carbonyl (C=O) groups is 1. The molecule has 1 heterocycles. The lowest BCUT2D eigenvalue weighted by atomic mass is 10.2. The van der Waals surface area contributed by atoms with Gasteiger partial charge in [-0.05, 0) is 32.4 Å². The van der Waals surface area contributed by atoms with Crippen LogP contribution in [-0.2, 0) is 9.53 Å². The third-order valence-corrected chi connectivity index (χ3v) is 4.00. The minimum absolute atomic E-state index is 0.00261. The summed E-state index contributed by atoms with van der Waals surface area (Å²) in [5.41, 5.74) is 0.0103. The van der Waals surface area contributed by atoms with E-state index in [4.69, 9.17) is 4.74 Å². The van der Waals surface area contributed by atoms with Crippen LogP contribution in [0.2, 0.25) is 0 Å². The molecule has 8 heteroatoms. The molecule has 0 amide bonds. The zero-order valence-corrected chi connectivity index (χ0v) is 15.4. The van der Waals surface area contributed by atoms with E-state index >= 15 is 0 Å². The first-order chi connectivity index (χ1) is 12.4. The third kappa shape index (κ3) is 5.57. The molecule has 0 saturated carbocycles. The van der Waals surface area contributed by atoms with Gasteiger partial charge in [-0.25, -0.2) is 8.78 Å². The van der Waals surface area contributed by atoms with E-state index in [0.29, 0.717) is 25.6 Å². The fraction of sp³-hybridized carbons (Fsp3) is 0.556. The highest BCUT2D eigenvalue weighted by atomic mass is 19.1. The van der Waals surface area contributed by atoms with Crippen molar-refractivity contribution < 1.29 is 18.3 Å². The SMILES string of the molecule is CN=C(NCCC(=O)OC(C)C)NC1CCN(c2c(F)cccc2F)C1. The molecule has 1 aliphatic heterocycles. The van der Waals surface area contributed by atoms with Crippen LogP contribution in [0.4, 0.5) is 14.5 Å². The Balaban J connectivity index is 1.82. The summed E-state index contributed by atoms with van der Waals surface area (Å²) in [6, 6.07) is 3.88. The summed E-state index contributed by atoms with van der Waals surface area (Å²) in [7, 11) is 1.63. The predicted molar refractivity (Wildman–Crippen MR) is 97.3 cm³/mol. The molecule has 0 aliphatic carbocycles. The van der Waals surface area contributed by atoms with Gasteiger partial charge in [-0.3, -0.25) is 9.79 Å². The zero-order valence-electron chi connectivity index (χ0n) is 15.4. The summed E-state index contributed by atoms with van der Waals surface area (Å²) >= 11 is 0. The smallest absolute Gasteiger partial charge is 0.307 e. The van der Waals surface area contributed by atoms with E-state index in [0.717, 1.165) is 6.42 Å². The number of rotatable bonds is 6. The van der Waals surface area contributed by atoms with Gasteiger partial charge in [-0.2, -0.15) is 0 Å². The topological polar surface area (TPSA) is 66.0 Å². The number of guanidine groups is 1. The second-order valence-electron chi connectivity index (χ2n) is 6.43. The fourth-order valence-electron chi connectivity index (χ4n) is 2.87. The van der Waals surface area contributed by atoms with Gasteiger partial charge in [0.25, 0.3) is 0 Å². The molecule has 6 nitrogen and oxygen atoms in total. The molecule has 1 aromatic rings. The Labute approximate surface area is 152 Å². The second kappa shape index (κ2) is 9.35. The van der Waals surface area contributed by atoms with Gasteiger partial charge >= 0.3 is 5.97 Å². The lowest BCUT2D eigenvalue weighted by Crippen LogP contribution is -2.45. The van der Waals surface area contributed by atoms with Gasteiger partial charge in [-0.15, -0.1) is 0 Å². The molecule has 1 unspecified atom stereocenters. The van der Waals surface area contributed by atoms with Crippen molar-refractivity contribution >= 4 is 17.6 Å². The van der Waals surface area contributed by atoms with Gasteiger partial charge < -0.3 is 20.3 Å². The summed E-state index contributed by atoms with van der Waals surface area (Å²) in [6.07, 6.45) is 0.822. The van der Waals surface area contributed by atoms with Crippen molar-refractivity contribution in [3.8, 4) is 0 Å². The number of anilines is 1. The van der Waals surface area contributed by atoms with Crippen molar-refractivity contribution in [2.45, 2.75) is 38.8 Å². The Morgan fingerprint density at radius 3 is 2.69 bits per heavy atom. The number of esters is 1. The summed E-state index contributed by atoms with van der Waals surface area (Å²) in [4.78, 5) is 17.3. The largest absolute Gasteiger partial charge is 0.463 e. The average Bonchev–Trinajstić information content (AvgIpc) is 3.01. The number of carbonyl (C=O) groups excluding carboxylic acids is 1.